The maximum atomic E-state index is 12.2. The van der Waals surface area contributed by atoms with Gasteiger partial charge in [0.25, 0.3) is 0 Å². The van der Waals surface area contributed by atoms with Crippen LogP contribution in [0.25, 0.3) is 0 Å². The van der Waals surface area contributed by atoms with Gasteiger partial charge in [0.15, 0.2) is 11.5 Å². The molecule has 0 atom stereocenters. The first-order valence-corrected chi connectivity index (χ1v) is 7.67. The zero-order valence-corrected chi connectivity index (χ0v) is 15.3. The smallest absolute Gasteiger partial charge is 0.316 e. The molecule has 6 heteroatoms. The summed E-state index contributed by atoms with van der Waals surface area (Å²) >= 11 is 0. The molecule has 1 rings (SSSR count). The SMILES string of the molecule is CC(=O)Nc1ccc(OC(=O)C(C)(C)C)c(OC(=O)C(C)(C)C)c1. The highest BCUT2D eigenvalue weighted by Gasteiger charge is 2.28. The van der Waals surface area contributed by atoms with Crippen molar-refractivity contribution in [2.45, 2.75) is 48.5 Å². The normalized spacial score (nSPS) is 11.6. The van der Waals surface area contributed by atoms with Gasteiger partial charge >= 0.3 is 11.9 Å². The Balaban J connectivity index is 3.19. The second-order valence-electron chi connectivity index (χ2n) is 7.62. The molecule has 0 radical (unpaired) electrons. The van der Waals surface area contributed by atoms with Crippen molar-refractivity contribution in [3.63, 3.8) is 0 Å². The third-order valence-corrected chi connectivity index (χ3v) is 2.89. The van der Waals surface area contributed by atoms with Crippen LogP contribution in [-0.4, -0.2) is 17.8 Å². The fraction of sp³-hybridized carbons (Fsp3) is 0.500. The molecule has 0 unspecified atom stereocenters. The number of carbonyl (C=O) groups excluding carboxylic acids is 3. The molecule has 24 heavy (non-hydrogen) atoms. The van der Waals surface area contributed by atoms with Gasteiger partial charge in [-0.15, -0.1) is 0 Å². The molecule has 1 amide bonds. The van der Waals surface area contributed by atoms with Crippen LogP contribution in [0, 0.1) is 10.8 Å². The van der Waals surface area contributed by atoms with Gasteiger partial charge in [-0.3, -0.25) is 14.4 Å². The monoisotopic (exact) mass is 335 g/mol. The average molecular weight is 335 g/mol. The number of nitrogens with one attached hydrogen (secondary N) is 1. The van der Waals surface area contributed by atoms with E-state index >= 15 is 0 Å². The molecule has 1 aromatic rings. The molecule has 1 aromatic carbocycles. The number of anilines is 1. The quantitative estimate of drug-likeness (QED) is 0.675. The minimum absolute atomic E-state index is 0.0822. The molecule has 0 fully saturated rings. The molecule has 1 N–H and O–H groups in total. The third kappa shape index (κ3) is 5.68. The summed E-state index contributed by atoms with van der Waals surface area (Å²) in [7, 11) is 0. The fourth-order valence-corrected chi connectivity index (χ4v) is 1.46. The largest absolute Gasteiger partial charge is 0.422 e. The number of hydrogen-bond acceptors (Lipinski definition) is 5. The van der Waals surface area contributed by atoms with Crippen molar-refractivity contribution in [2.75, 3.05) is 5.32 Å². The summed E-state index contributed by atoms with van der Waals surface area (Å²) in [5.74, 6) is -0.985. The van der Waals surface area contributed by atoms with Crippen LogP contribution < -0.4 is 14.8 Å². The highest BCUT2D eigenvalue weighted by Crippen LogP contribution is 2.34. The third-order valence-electron chi connectivity index (χ3n) is 2.89. The number of rotatable bonds is 3. The van der Waals surface area contributed by atoms with E-state index in [9.17, 15) is 14.4 Å². The van der Waals surface area contributed by atoms with Gasteiger partial charge in [-0.2, -0.15) is 0 Å². The van der Waals surface area contributed by atoms with Crippen LogP contribution in [-0.2, 0) is 14.4 Å². The van der Waals surface area contributed by atoms with Crippen molar-refractivity contribution in [2.24, 2.45) is 10.8 Å². The van der Waals surface area contributed by atoms with E-state index in [1.807, 2.05) is 0 Å². The van der Waals surface area contributed by atoms with Gasteiger partial charge in [0.05, 0.1) is 10.8 Å². The van der Waals surface area contributed by atoms with E-state index in [0.29, 0.717) is 5.69 Å². The maximum absolute atomic E-state index is 12.2. The van der Waals surface area contributed by atoms with E-state index < -0.39 is 22.8 Å². The summed E-state index contributed by atoms with van der Waals surface area (Å²) in [6, 6.07) is 4.51. The minimum Gasteiger partial charge on any atom is -0.422 e. The molecule has 6 nitrogen and oxygen atoms in total. The lowest BCUT2D eigenvalue weighted by molar-refractivity contribution is -0.145. The van der Waals surface area contributed by atoms with Crippen molar-refractivity contribution in [3.8, 4) is 11.5 Å². The predicted octanol–water partition coefficient (Wildman–Crippen LogP) is 3.55. The number of ether oxygens (including phenoxy) is 2. The number of carbonyl (C=O) groups is 3. The topological polar surface area (TPSA) is 81.7 Å². The number of hydrogen-bond donors (Lipinski definition) is 1. The van der Waals surface area contributed by atoms with E-state index in [0.717, 1.165) is 0 Å². The minimum atomic E-state index is -0.727. The maximum Gasteiger partial charge on any atom is 0.316 e. The standard InChI is InChI=1S/C18H25NO5/c1-11(20)19-12-8-9-13(23-15(21)17(2,3)4)14(10-12)24-16(22)18(5,6)7/h8-10H,1-7H3,(H,19,20). The molecule has 0 saturated carbocycles. The lowest BCUT2D eigenvalue weighted by Crippen LogP contribution is -2.28. The highest BCUT2D eigenvalue weighted by atomic mass is 16.6. The number of esters is 2. The fourth-order valence-electron chi connectivity index (χ4n) is 1.46. The Kier molecular flexibility index (Phi) is 5.76. The summed E-state index contributed by atoms with van der Waals surface area (Å²) in [6.45, 7) is 11.7. The Bertz CT molecular complexity index is 650. The number of benzene rings is 1. The molecule has 0 spiro atoms. The molecule has 0 aliphatic rings. The van der Waals surface area contributed by atoms with Gasteiger partial charge in [0.1, 0.15) is 0 Å². The van der Waals surface area contributed by atoms with Crippen LogP contribution in [0.1, 0.15) is 48.5 Å². The zero-order valence-electron chi connectivity index (χ0n) is 15.3. The van der Waals surface area contributed by atoms with Crippen LogP contribution in [0.15, 0.2) is 18.2 Å². The molecule has 0 bridgehead atoms. The molecule has 0 aliphatic carbocycles. The Hall–Kier alpha value is -2.37. The van der Waals surface area contributed by atoms with E-state index in [-0.39, 0.29) is 17.4 Å². The van der Waals surface area contributed by atoms with Crippen molar-refractivity contribution in [1.29, 1.82) is 0 Å². The molecular formula is C18H25NO5. The van der Waals surface area contributed by atoms with E-state index in [4.69, 9.17) is 9.47 Å². The number of amides is 1. The van der Waals surface area contributed by atoms with Crippen molar-refractivity contribution in [3.05, 3.63) is 18.2 Å². The van der Waals surface area contributed by atoms with Crippen LogP contribution in [0.5, 0.6) is 11.5 Å². The average Bonchev–Trinajstić information content (AvgIpc) is 2.38. The summed E-state index contributed by atoms with van der Waals surface area (Å²) in [5.41, 5.74) is -0.994. The second-order valence-corrected chi connectivity index (χ2v) is 7.62. The van der Waals surface area contributed by atoms with E-state index in [1.54, 1.807) is 47.6 Å². The van der Waals surface area contributed by atoms with Gasteiger partial charge in [0.2, 0.25) is 5.91 Å². The van der Waals surface area contributed by atoms with Crippen molar-refractivity contribution >= 4 is 23.5 Å². The molecule has 0 aromatic heterocycles. The summed E-state index contributed by atoms with van der Waals surface area (Å²) in [6.07, 6.45) is 0. The van der Waals surface area contributed by atoms with Crippen LogP contribution in [0.4, 0.5) is 5.69 Å². The molecule has 132 valence electrons. The Labute approximate surface area is 142 Å². The molecule has 0 saturated heterocycles. The van der Waals surface area contributed by atoms with Gasteiger partial charge < -0.3 is 14.8 Å². The summed E-state index contributed by atoms with van der Waals surface area (Å²) < 4.78 is 10.7. The van der Waals surface area contributed by atoms with E-state index in [1.165, 1.54) is 19.1 Å². The van der Waals surface area contributed by atoms with Crippen molar-refractivity contribution < 1.29 is 23.9 Å². The highest BCUT2D eigenvalue weighted by molar-refractivity contribution is 5.89. The van der Waals surface area contributed by atoms with E-state index in [2.05, 4.69) is 5.32 Å². The molecule has 0 aliphatic heterocycles. The van der Waals surface area contributed by atoms with Gasteiger partial charge in [-0.05, 0) is 53.7 Å². The first-order chi connectivity index (χ1) is 10.8. The van der Waals surface area contributed by atoms with Gasteiger partial charge in [-0.25, -0.2) is 0 Å². The zero-order chi connectivity index (χ0) is 18.7. The summed E-state index contributed by atoms with van der Waals surface area (Å²) in [5, 5.41) is 2.60. The molecule has 0 heterocycles. The van der Waals surface area contributed by atoms with Crippen molar-refractivity contribution in [1.82, 2.24) is 0 Å². The summed E-state index contributed by atoms with van der Waals surface area (Å²) in [4.78, 5) is 35.4. The Morgan fingerprint density at radius 3 is 1.71 bits per heavy atom. The predicted molar refractivity (Wildman–Crippen MR) is 90.9 cm³/mol. The van der Waals surface area contributed by atoms with Gasteiger partial charge in [-0.1, -0.05) is 0 Å². The lowest BCUT2D eigenvalue weighted by Gasteiger charge is -2.20. The molecular weight excluding hydrogens is 310 g/mol. The lowest BCUT2D eigenvalue weighted by atomic mass is 9.97. The first-order valence-electron chi connectivity index (χ1n) is 7.67. The van der Waals surface area contributed by atoms with Crippen LogP contribution >= 0.6 is 0 Å². The Morgan fingerprint density at radius 2 is 1.29 bits per heavy atom. The van der Waals surface area contributed by atoms with Crippen LogP contribution in [0.3, 0.4) is 0 Å². The van der Waals surface area contributed by atoms with Gasteiger partial charge in [0, 0.05) is 18.7 Å². The first kappa shape index (κ1) is 19.7. The van der Waals surface area contributed by atoms with Crippen LogP contribution in [0.2, 0.25) is 0 Å². The Morgan fingerprint density at radius 1 is 0.833 bits per heavy atom. The second kappa shape index (κ2) is 7.03.